The van der Waals surface area contributed by atoms with Crippen LogP contribution >= 0.6 is 0 Å². The van der Waals surface area contributed by atoms with Gasteiger partial charge in [-0.3, -0.25) is 9.36 Å². The Bertz CT molecular complexity index is 1850. The van der Waals surface area contributed by atoms with Crippen LogP contribution in [0.5, 0.6) is 5.75 Å². The van der Waals surface area contributed by atoms with E-state index in [-0.39, 0.29) is 0 Å². The minimum Gasteiger partial charge on any atom is -0.496 e. The number of hydrogen-bond acceptors (Lipinski definition) is 7. The number of imidazole rings is 1. The zero-order chi connectivity index (χ0) is 28.3. The van der Waals surface area contributed by atoms with Gasteiger partial charge in [0.2, 0.25) is 0 Å². The fourth-order valence-corrected chi connectivity index (χ4v) is 4.91. The third-order valence-corrected chi connectivity index (χ3v) is 7.05. The molecule has 3 aromatic heterocycles. The lowest BCUT2D eigenvalue weighted by atomic mass is 10.1. The molecule has 0 fully saturated rings. The second-order valence-electron chi connectivity index (χ2n) is 9.68. The molecule has 0 atom stereocenters. The third-order valence-electron chi connectivity index (χ3n) is 7.05. The summed E-state index contributed by atoms with van der Waals surface area (Å²) in [5.41, 5.74) is 13.9. The Morgan fingerprint density at radius 2 is 1.73 bits per heavy atom. The molecule has 8 heteroatoms. The second-order valence-corrected chi connectivity index (χ2v) is 9.68. The average molecular weight is 541 g/mol. The fraction of sp³-hybridized carbons (Fsp3) is 0.0909. The van der Waals surface area contributed by atoms with Crippen LogP contribution in [0.25, 0.3) is 39.5 Å². The van der Waals surface area contributed by atoms with Gasteiger partial charge in [-0.15, -0.1) is 0 Å². The van der Waals surface area contributed by atoms with E-state index in [1.807, 2.05) is 78.3 Å². The first-order valence-electron chi connectivity index (χ1n) is 13.1. The van der Waals surface area contributed by atoms with Gasteiger partial charge in [-0.1, -0.05) is 42.5 Å². The molecule has 3 aromatic carbocycles. The van der Waals surface area contributed by atoms with Crippen molar-refractivity contribution in [3.05, 3.63) is 114 Å². The summed E-state index contributed by atoms with van der Waals surface area (Å²) in [6, 6.07) is 31.7. The molecule has 0 aliphatic carbocycles. The smallest absolute Gasteiger partial charge is 0.165 e. The van der Waals surface area contributed by atoms with Gasteiger partial charge in [0, 0.05) is 42.8 Å². The van der Waals surface area contributed by atoms with Gasteiger partial charge >= 0.3 is 0 Å². The number of carbonyl (C=O) groups excluding carboxylic acids is 1. The number of pyridine rings is 2. The summed E-state index contributed by atoms with van der Waals surface area (Å²) < 4.78 is 7.41. The van der Waals surface area contributed by atoms with Crippen molar-refractivity contribution in [2.75, 3.05) is 24.8 Å². The fourth-order valence-electron chi connectivity index (χ4n) is 4.91. The van der Waals surface area contributed by atoms with Crippen LogP contribution in [0.4, 0.5) is 11.5 Å². The molecule has 41 heavy (non-hydrogen) atoms. The predicted octanol–water partition coefficient (Wildman–Crippen LogP) is 6.19. The van der Waals surface area contributed by atoms with Crippen molar-refractivity contribution in [2.45, 2.75) is 6.54 Å². The number of ether oxygens (including phenoxy) is 1. The Morgan fingerprint density at radius 1 is 0.927 bits per heavy atom. The topological polar surface area (TPSA) is 99.2 Å². The summed E-state index contributed by atoms with van der Waals surface area (Å²) in [5, 5.41) is 0. The van der Waals surface area contributed by atoms with Crippen molar-refractivity contribution in [3.63, 3.8) is 0 Å². The number of hydrogen-bond donors (Lipinski definition) is 1. The third kappa shape index (κ3) is 4.98. The van der Waals surface area contributed by atoms with Crippen LogP contribution in [0.1, 0.15) is 15.9 Å². The van der Waals surface area contributed by atoms with E-state index in [4.69, 9.17) is 20.4 Å². The number of methoxy groups -OCH3 is 1. The van der Waals surface area contributed by atoms with Crippen LogP contribution < -0.4 is 15.4 Å². The maximum atomic E-state index is 11.3. The van der Waals surface area contributed by atoms with Gasteiger partial charge in [-0.05, 0) is 54.1 Å². The number of aldehydes is 1. The lowest BCUT2D eigenvalue weighted by Gasteiger charge is -2.21. The number of fused-ring (bicyclic) bond motifs is 1. The number of aromatic nitrogens is 4. The quantitative estimate of drug-likeness (QED) is 0.230. The maximum Gasteiger partial charge on any atom is 0.165 e. The highest BCUT2D eigenvalue weighted by Gasteiger charge is 2.19. The highest BCUT2D eigenvalue weighted by atomic mass is 16.5. The van der Waals surface area contributed by atoms with Gasteiger partial charge in [0.05, 0.1) is 23.9 Å². The van der Waals surface area contributed by atoms with Crippen molar-refractivity contribution in [1.82, 2.24) is 19.5 Å². The lowest BCUT2D eigenvalue weighted by molar-refractivity contribution is 0.112. The van der Waals surface area contributed by atoms with E-state index in [0.717, 1.165) is 51.2 Å². The second kappa shape index (κ2) is 10.9. The molecule has 6 rings (SSSR count). The van der Waals surface area contributed by atoms with E-state index in [1.54, 1.807) is 19.4 Å². The number of rotatable bonds is 8. The van der Waals surface area contributed by atoms with E-state index in [2.05, 4.69) is 34.1 Å². The van der Waals surface area contributed by atoms with Gasteiger partial charge in [-0.2, -0.15) is 0 Å². The molecule has 0 bridgehead atoms. The molecule has 202 valence electrons. The summed E-state index contributed by atoms with van der Waals surface area (Å²) in [7, 11) is 3.57. The highest BCUT2D eigenvalue weighted by molar-refractivity contribution is 5.84. The summed E-state index contributed by atoms with van der Waals surface area (Å²) in [5.74, 6) is 1.63. The van der Waals surface area contributed by atoms with Crippen LogP contribution in [0, 0.1) is 0 Å². The molecular formula is C33H28N6O2. The van der Waals surface area contributed by atoms with Crippen LogP contribution in [-0.4, -0.2) is 40.0 Å². The largest absolute Gasteiger partial charge is 0.496 e. The Hall–Kier alpha value is -5.50. The molecule has 3 heterocycles. The molecule has 0 saturated carbocycles. The molecule has 0 amide bonds. The zero-order valence-electron chi connectivity index (χ0n) is 22.7. The van der Waals surface area contributed by atoms with Crippen LogP contribution in [0.3, 0.4) is 0 Å². The summed E-state index contributed by atoms with van der Waals surface area (Å²) >= 11 is 0. The molecule has 0 unspecified atom stereocenters. The predicted molar refractivity (Wildman–Crippen MR) is 162 cm³/mol. The van der Waals surface area contributed by atoms with E-state index in [1.165, 1.54) is 0 Å². The molecule has 0 aliphatic rings. The van der Waals surface area contributed by atoms with E-state index >= 15 is 0 Å². The molecule has 0 saturated heterocycles. The summed E-state index contributed by atoms with van der Waals surface area (Å²) in [6.07, 6.45) is 2.47. The first-order chi connectivity index (χ1) is 20.1. The van der Waals surface area contributed by atoms with Gasteiger partial charge in [0.25, 0.3) is 0 Å². The Morgan fingerprint density at radius 3 is 2.46 bits per heavy atom. The highest BCUT2D eigenvalue weighted by Crippen LogP contribution is 2.32. The van der Waals surface area contributed by atoms with Gasteiger partial charge < -0.3 is 15.4 Å². The summed E-state index contributed by atoms with van der Waals surface area (Å²) in [6.45, 7) is 0.660. The minimum absolute atomic E-state index is 0.404. The molecule has 0 radical (unpaired) electrons. The number of benzene rings is 3. The lowest BCUT2D eigenvalue weighted by Crippen LogP contribution is -2.16. The Labute approximate surface area is 237 Å². The van der Waals surface area contributed by atoms with Crippen LogP contribution in [-0.2, 0) is 6.54 Å². The van der Waals surface area contributed by atoms with Crippen molar-refractivity contribution in [3.8, 4) is 34.1 Å². The molecule has 0 aliphatic heterocycles. The first-order valence-corrected chi connectivity index (χ1v) is 13.1. The number of nitrogens with zero attached hydrogens (tertiary/aromatic N) is 5. The number of carbonyl (C=O) groups is 1. The Kier molecular flexibility index (Phi) is 6.87. The SMILES string of the molecule is COc1cc(N(C)Cc2ccc(-n3c(-c4cccnc4N)nc4ccc(-c5ccccc5)nc43)cc2)ccc1C=O. The normalized spacial score (nSPS) is 11.0. The number of anilines is 2. The molecule has 6 aromatic rings. The zero-order valence-corrected chi connectivity index (χ0v) is 22.7. The Balaban J connectivity index is 1.39. The first kappa shape index (κ1) is 25.8. The standard InChI is InChI=1S/C33H28N6O2/c1-38(26-15-12-24(21-40)30(19-26)41-2)20-22-10-13-25(14-11-22)39-32(27-9-6-18-35-31(27)34)37-29-17-16-28(36-33(29)39)23-7-4-3-5-8-23/h3-19,21H,20H2,1-2H3,(H2,34,35). The van der Waals surface area contributed by atoms with Crippen LogP contribution in [0.2, 0.25) is 0 Å². The molecule has 2 N–H and O–H groups in total. The number of nitrogen functional groups attached to an aromatic ring is 1. The van der Waals surface area contributed by atoms with Crippen molar-refractivity contribution < 1.29 is 9.53 Å². The van der Waals surface area contributed by atoms with E-state index < -0.39 is 0 Å². The maximum absolute atomic E-state index is 11.3. The van der Waals surface area contributed by atoms with E-state index in [0.29, 0.717) is 29.5 Å². The number of nitrogens with two attached hydrogens (primary N) is 1. The minimum atomic E-state index is 0.404. The molecule has 0 spiro atoms. The van der Waals surface area contributed by atoms with Crippen molar-refractivity contribution in [1.29, 1.82) is 0 Å². The monoisotopic (exact) mass is 540 g/mol. The molecule has 8 nitrogen and oxygen atoms in total. The van der Waals surface area contributed by atoms with Gasteiger partial charge in [-0.25, -0.2) is 15.0 Å². The van der Waals surface area contributed by atoms with Crippen LogP contribution in [0.15, 0.2) is 103 Å². The van der Waals surface area contributed by atoms with E-state index in [9.17, 15) is 4.79 Å². The van der Waals surface area contributed by atoms with Gasteiger partial charge in [0.1, 0.15) is 17.1 Å². The summed E-state index contributed by atoms with van der Waals surface area (Å²) in [4.78, 5) is 27.6. The van der Waals surface area contributed by atoms with Gasteiger partial charge in [0.15, 0.2) is 17.8 Å². The van der Waals surface area contributed by atoms with Crippen molar-refractivity contribution >= 4 is 29.0 Å². The van der Waals surface area contributed by atoms with Crippen molar-refractivity contribution in [2.24, 2.45) is 0 Å². The molecular weight excluding hydrogens is 512 g/mol. The average Bonchev–Trinajstić information content (AvgIpc) is 3.40.